The van der Waals surface area contributed by atoms with Crippen LogP contribution in [0.2, 0.25) is 0 Å². The van der Waals surface area contributed by atoms with E-state index in [1.165, 1.54) is 11.3 Å². The number of halogens is 4. The van der Waals surface area contributed by atoms with Gasteiger partial charge in [0.1, 0.15) is 10.7 Å². The largest absolute Gasteiger partial charge is 0.481 e. The van der Waals surface area contributed by atoms with E-state index >= 15 is 4.39 Å². The number of aryl methyl sites for hydroxylation is 1. The van der Waals surface area contributed by atoms with Crippen LogP contribution < -0.4 is 5.32 Å². The van der Waals surface area contributed by atoms with Gasteiger partial charge in [-0.2, -0.15) is 13.2 Å². The molecule has 1 aliphatic carbocycles. The molecular formula is C22H20F4N4O2S. The van der Waals surface area contributed by atoms with Gasteiger partial charge >= 0.3 is 12.1 Å². The topological polar surface area (TPSA) is 88.0 Å². The number of nitrogens with zero attached hydrogens (tertiary/aromatic N) is 3. The van der Waals surface area contributed by atoms with Gasteiger partial charge in [-0.25, -0.2) is 19.3 Å². The first-order valence-electron chi connectivity index (χ1n) is 10.2. The van der Waals surface area contributed by atoms with Crippen LogP contribution in [-0.2, 0) is 16.6 Å². The fourth-order valence-electron chi connectivity index (χ4n) is 3.85. The second kappa shape index (κ2) is 8.69. The summed E-state index contributed by atoms with van der Waals surface area (Å²) in [5.41, 5.74) is -0.682. The quantitative estimate of drug-likeness (QED) is 0.429. The SMILES string of the molecule is Cc1cc(Nc2nccc(C(F)(F)F)n2)cc(-c2cnc(C3(F)CCC(C(=O)O)CC3)s2)c1. The molecule has 1 aromatic carbocycles. The van der Waals surface area contributed by atoms with Crippen molar-refractivity contribution in [2.75, 3.05) is 5.32 Å². The van der Waals surface area contributed by atoms with Gasteiger partial charge in [0.2, 0.25) is 5.95 Å². The molecule has 6 nitrogen and oxygen atoms in total. The Morgan fingerprint density at radius 3 is 2.61 bits per heavy atom. The van der Waals surface area contributed by atoms with E-state index in [2.05, 4.69) is 20.3 Å². The Kier molecular flexibility index (Phi) is 6.08. The Hall–Kier alpha value is -3.08. The van der Waals surface area contributed by atoms with E-state index in [1.54, 1.807) is 18.3 Å². The summed E-state index contributed by atoms with van der Waals surface area (Å²) in [6, 6.07) is 6.10. The molecule has 0 spiro atoms. The summed E-state index contributed by atoms with van der Waals surface area (Å²) >= 11 is 1.19. The molecule has 2 aromatic heterocycles. The van der Waals surface area contributed by atoms with E-state index in [-0.39, 0.29) is 31.6 Å². The predicted octanol–water partition coefficient (Wildman–Crippen LogP) is 6.11. The minimum Gasteiger partial charge on any atom is -0.481 e. The van der Waals surface area contributed by atoms with Gasteiger partial charge < -0.3 is 10.4 Å². The molecule has 1 saturated carbocycles. The van der Waals surface area contributed by atoms with Crippen molar-refractivity contribution in [3.05, 3.63) is 52.9 Å². The number of aliphatic carboxylic acids is 1. The molecule has 0 atom stereocenters. The molecule has 0 aliphatic heterocycles. The molecule has 2 heterocycles. The zero-order chi connectivity index (χ0) is 23.8. The van der Waals surface area contributed by atoms with Crippen LogP contribution in [0.1, 0.15) is 41.9 Å². The molecular weight excluding hydrogens is 460 g/mol. The smallest absolute Gasteiger partial charge is 0.433 e. The van der Waals surface area contributed by atoms with Crippen molar-refractivity contribution in [1.29, 1.82) is 0 Å². The number of carboxylic acid groups (broad SMARTS) is 1. The Bertz CT molecular complexity index is 1170. The van der Waals surface area contributed by atoms with E-state index in [0.717, 1.165) is 23.4 Å². The van der Waals surface area contributed by atoms with Crippen LogP contribution in [-0.4, -0.2) is 26.0 Å². The summed E-state index contributed by atoms with van der Waals surface area (Å²) in [7, 11) is 0. The first-order chi connectivity index (χ1) is 15.5. The van der Waals surface area contributed by atoms with Gasteiger partial charge in [0.05, 0.1) is 10.8 Å². The maximum Gasteiger partial charge on any atom is 0.433 e. The van der Waals surface area contributed by atoms with Gasteiger partial charge in [0.15, 0.2) is 5.67 Å². The average molecular weight is 480 g/mol. The molecule has 174 valence electrons. The van der Waals surface area contributed by atoms with Crippen molar-refractivity contribution in [3.63, 3.8) is 0 Å². The Morgan fingerprint density at radius 2 is 1.94 bits per heavy atom. The molecule has 2 N–H and O–H groups in total. The van der Waals surface area contributed by atoms with Gasteiger partial charge in [-0.1, -0.05) is 6.07 Å². The summed E-state index contributed by atoms with van der Waals surface area (Å²) < 4.78 is 54.2. The van der Waals surface area contributed by atoms with Crippen LogP contribution in [0.25, 0.3) is 10.4 Å². The second-order valence-electron chi connectivity index (χ2n) is 8.08. The highest BCUT2D eigenvalue weighted by molar-refractivity contribution is 7.15. The van der Waals surface area contributed by atoms with Crippen molar-refractivity contribution in [2.45, 2.75) is 44.5 Å². The lowest BCUT2D eigenvalue weighted by Crippen LogP contribution is -2.30. The zero-order valence-corrected chi connectivity index (χ0v) is 18.3. The number of alkyl halides is 4. The molecule has 0 unspecified atom stereocenters. The van der Waals surface area contributed by atoms with Crippen LogP contribution >= 0.6 is 11.3 Å². The summed E-state index contributed by atoms with van der Waals surface area (Å²) in [5.74, 6) is -1.62. The normalized spacial score (nSPS) is 21.1. The van der Waals surface area contributed by atoms with Gasteiger partial charge in [-0.15, -0.1) is 11.3 Å². The molecule has 1 fully saturated rings. The van der Waals surface area contributed by atoms with Gasteiger partial charge in [-0.3, -0.25) is 4.79 Å². The first kappa shape index (κ1) is 23.1. The summed E-state index contributed by atoms with van der Waals surface area (Å²) in [4.78, 5) is 23.5. The standard InChI is InChI=1S/C22H20F4N4O2S/c1-12-8-14(10-15(9-12)29-20-27-7-4-17(30-20)22(24,25)26)16-11-28-19(33-16)21(23)5-2-13(3-6-21)18(31)32/h4,7-11,13H,2-3,5-6H2,1H3,(H,31,32)(H,27,29,30). The molecule has 0 radical (unpaired) electrons. The summed E-state index contributed by atoms with van der Waals surface area (Å²) in [6.07, 6.45) is -1.27. The van der Waals surface area contributed by atoms with Gasteiger partial charge in [0.25, 0.3) is 0 Å². The number of hydrogen-bond donors (Lipinski definition) is 2. The molecule has 0 saturated heterocycles. The molecule has 33 heavy (non-hydrogen) atoms. The molecule has 11 heteroatoms. The number of anilines is 2. The van der Waals surface area contributed by atoms with Crippen LogP contribution in [0.5, 0.6) is 0 Å². The lowest BCUT2D eigenvalue weighted by atomic mass is 9.80. The number of carboxylic acids is 1. The molecule has 1 aliphatic rings. The van der Waals surface area contributed by atoms with E-state index in [1.807, 2.05) is 13.0 Å². The predicted molar refractivity (Wildman–Crippen MR) is 115 cm³/mol. The lowest BCUT2D eigenvalue weighted by Gasteiger charge is -2.30. The van der Waals surface area contributed by atoms with Crippen molar-refractivity contribution >= 4 is 28.9 Å². The molecule has 3 aromatic rings. The maximum atomic E-state index is 15.5. The number of rotatable bonds is 5. The lowest BCUT2D eigenvalue weighted by molar-refractivity contribution is -0.144. The molecule has 0 bridgehead atoms. The summed E-state index contributed by atoms with van der Waals surface area (Å²) in [5, 5.41) is 12.2. The third-order valence-corrected chi connectivity index (χ3v) is 6.81. The van der Waals surface area contributed by atoms with Crippen molar-refractivity contribution in [1.82, 2.24) is 15.0 Å². The monoisotopic (exact) mass is 480 g/mol. The minimum absolute atomic E-state index is 0.102. The molecule has 4 rings (SSSR count). The highest BCUT2D eigenvalue weighted by atomic mass is 32.1. The van der Waals surface area contributed by atoms with Crippen LogP contribution in [0.3, 0.4) is 0 Å². The fourth-order valence-corrected chi connectivity index (χ4v) is 4.90. The Morgan fingerprint density at radius 1 is 1.21 bits per heavy atom. The van der Waals surface area contributed by atoms with Crippen LogP contribution in [0.4, 0.5) is 29.2 Å². The number of thiazole rings is 1. The highest BCUT2D eigenvalue weighted by Gasteiger charge is 2.41. The van der Waals surface area contributed by atoms with Crippen molar-refractivity contribution in [3.8, 4) is 10.4 Å². The van der Waals surface area contributed by atoms with Gasteiger partial charge in [-0.05, 0) is 61.9 Å². The number of nitrogens with one attached hydrogen (secondary N) is 1. The average Bonchev–Trinajstić information content (AvgIpc) is 3.25. The zero-order valence-electron chi connectivity index (χ0n) is 17.5. The third-order valence-electron chi connectivity index (χ3n) is 5.58. The summed E-state index contributed by atoms with van der Waals surface area (Å²) in [6.45, 7) is 1.83. The van der Waals surface area contributed by atoms with E-state index in [0.29, 0.717) is 15.6 Å². The first-order valence-corrected chi connectivity index (χ1v) is 11.0. The van der Waals surface area contributed by atoms with Crippen molar-refractivity contribution < 1.29 is 27.5 Å². The maximum absolute atomic E-state index is 15.5. The minimum atomic E-state index is -4.58. The number of carbonyl (C=O) groups is 1. The van der Waals surface area contributed by atoms with Gasteiger partial charge in [0, 0.05) is 18.1 Å². The second-order valence-corrected chi connectivity index (χ2v) is 9.11. The highest BCUT2D eigenvalue weighted by Crippen LogP contribution is 2.45. The van der Waals surface area contributed by atoms with E-state index < -0.39 is 29.4 Å². The van der Waals surface area contributed by atoms with E-state index in [9.17, 15) is 18.0 Å². The van der Waals surface area contributed by atoms with E-state index in [4.69, 9.17) is 5.11 Å². The van der Waals surface area contributed by atoms with Crippen molar-refractivity contribution in [2.24, 2.45) is 5.92 Å². The third kappa shape index (κ3) is 5.13. The number of hydrogen-bond acceptors (Lipinski definition) is 6. The number of benzene rings is 1. The van der Waals surface area contributed by atoms with Crippen LogP contribution in [0, 0.1) is 12.8 Å². The Balaban J connectivity index is 1.56. The number of aromatic nitrogens is 3. The fraction of sp³-hybridized carbons (Fsp3) is 0.364. The molecule has 0 amide bonds. The van der Waals surface area contributed by atoms with Crippen LogP contribution in [0.15, 0.2) is 36.7 Å². The Labute approximate surface area is 190 Å².